The van der Waals surface area contributed by atoms with E-state index in [4.69, 9.17) is 4.74 Å². The monoisotopic (exact) mass is 235 g/mol. The van der Waals surface area contributed by atoms with Gasteiger partial charge < -0.3 is 10.1 Å². The predicted molar refractivity (Wildman–Crippen MR) is 63.3 cm³/mol. The summed E-state index contributed by atoms with van der Waals surface area (Å²) in [5.74, 6) is 0.331. The lowest BCUT2D eigenvalue weighted by Crippen LogP contribution is -2.43. The quantitative estimate of drug-likeness (QED) is 0.762. The van der Waals surface area contributed by atoms with Gasteiger partial charge in [0.1, 0.15) is 5.60 Å². The summed E-state index contributed by atoms with van der Waals surface area (Å²) in [5, 5.41) is 3.26. The second-order valence-corrected chi connectivity index (χ2v) is 4.77. The normalized spacial score (nSPS) is 19.5. The Hall–Kier alpha value is -0.280. The molecule has 1 aliphatic rings. The smallest absolute Gasteiger partial charge is 0.306 e. The molecule has 1 fully saturated rings. The Morgan fingerprint density at radius 3 is 2.40 bits per heavy atom. The van der Waals surface area contributed by atoms with Gasteiger partial charge in [0.25, 0.3) is 0 Å². The number of hydrogen-bond donors (Lipinski definition) is 1. The SMILES string of the molecule is CC(C)CC(=O)OC1(C)CCNCC1.Cl. The Balaban J connectivity index is 0.00000196. The van der Waals surface area contributed by atoms with Crippen molar-refractivity contribution in [2.24, 2.45) is 5.92 Å². The number of esters is 1. The lowest BCUT2D eigenvalue weighted by Gasteiger charge is -2.33. The molecule has 0 amide bonds. The van der Waals surface area contributed by atoms with E-state index in [0.29, 0.717) is 12.3 Å². The highest BCUT2D eigenvalue weighted by atomic mass is 35.5. The molecule has 15 heavy (non-hydrogen) atoms. The van der Waals surface area contributed by atoms with Crippen molar-refractivity contribution in [1.82, 2.24) is 5.32 Å². The summed E-state index contributed by atoms with van der Waals surface area (Å²) in [6.45, 7) is 8.00. The van der Waals surface area contributed by atoms with E-state index in [-0.39, 0.29) is 24.0 Å². The Morgan fingerprint density at radius 1 is 1.40 bits per heavy atom. The standard InChI is InChI=1S/C11H21NO2.ClH/c1-9(2)8-10(13)14-11(3)4-6-12-7-5-11;/h9,12H,4-8H2,1-3H3;1H. The van der Waals surface area contributed by atoms with Gasteiger partial charge in [-0.15, -0.1) is 12.4 Å². The molecule has 1 heterocycles. The first-order chi connectivity index (χ1) is 6.52. The molecule has 90 valence electrons. The zero-order valence-corrected chi connectivity index (χ0v) is 10.7. The van der Waals surface area contributed by atoms with Gasteiger partial charge in [0.2, 0.25) is 0 Å². The average molecular weight is 236 g/mol. The van der Waals surface area contributed by atoms with Gasteiger partial charge in [0.15, 0.2) is 0 Å². The van der Waals surface area contributed by atoms with Gasteiger partial charge >= 0.3 is 5.97 Å². The number of nitrogens with one attached hydrogen (secondary N) is 1. The van der Waals surface area contributed by atoms with E-state index >= 15 is 0 Å². The number of piperidine rings is 1. The van der Waals surface area contributed by atoms with Crippen molar-refractivity contribution in [1.29, 1.82) is 0 Å². The molecular formula is C11H22ClNO2. The molecule has 0 saturated carbocycles. The van der Waals surface area contributed by atoms with Crippen LogP contribution in [0.2, 0.25) is 0 Å². The topological polar surface area (TPSA) is 38.3 Å². The van der Waals surface area contributed by atoms with E-state index < -0.39 is 0 Å². The third-order valence-electron chi connectivity index (χ3n) is 2.60. The molecule has 0 aromatic carbocycles. The molecule has 0 aliphatic carbocycles. The maximum absolute atomic E-state index is 11.5. The van der Waals surface area contributed by atoms with Crippen LogP contribution < -0.4 is 5.32 Å². The molecule has 4 heteroatoms. The van der Waals surface area contributed by atoms with E-state index in [2.05, 4.69) is 5.32 Å². The van der Waals surface area contributed by atoms with Crippen LogP contribution in [0.4, 0.5) is 0 Å². The minimum absolute atomic E-state index is 0. The van der Waals surface area contributed by atoms with Crippen LogP contribution in [0, 0.1) is 5.92 Å². The zero-order valence-electron chi connectivity index (χ0n) is 9.84. The van der Waals surface area contributed by atoms with Crippen LogP contribution in [-0.4, -0.2) is 24.7 Å². The number of carbonyl (C=O) groups is 1. The first kappa shape index (κ1) is 14.7. The van der Waals surface area contributed by atoms with Gasteiger partial charge in [0.05, 0.1) is 0 Å². The fourth-order valence-electron chi connectivity index (χ4n) is 1.71. The Kier molecular flexibility index (Phi) is 6.22. The molecule has 1 saturated heterocycles. The number of carbonyl (C=O) groups excluding carboxylic acids is 1. The van der Waals surface area contributed by atoms with Crippen molar-refractivity contribution in [3.63, 3.8) is 0 Å². The van der Waals surface area contributed by atoms with Crippen LogP contribution in [-0.2, 0) is 9.53 Å². The first-order valence-electron chi connectivity index (χ1n) is 5.44. The van der Waals surface area contributed by atoms with Crippen molar-refractivity contribution in [2.75, 3.05) is 13.1 Å². The predicted octanol–water partition coefficient (Wildman–Crippen LogP) is 2.14. The lowest BCUT2D eigenvalue weighted by atomic mass is 9.94. The van der Waals surface area contributed by atoms with Gasteiger partial charge in [-0.25, -0.2) is 0 Å². The maximum atomic E-state index is 11.5. The van der Waals surface area contributed by atoms with Crippen LogP contribution in [0.3, 0.4) is 0 Å². The molecule has 0 unspecified atom stereocenters. The molecular weight excluding hydrogens is 214 g/mol. The van der Waals surface area contributed by atoms with Crippen molar-refractivity contribution in [2.45, 2.75) is 45.6 Å². The van der Waals surface area contributed by atoms with E-state index in [0.717, 1.165) is 25.9 Å². The van der Waals surface area contributed by atoms with Gasteiger partial charge in [-0.2, -0.15) is 0 Å². The summed E-state index contributed by atoms with van der Waals surface area (Å²) in [7, 11) is 0. The molecule has 1 N–H and O–H groups in total. The second kappa shape index (κ2) is 6.33. The summed E-state index contributed by atoms with van der Waals surface area (Å²) in [6.07, 6.45) is 2.39. The van der Waals surface area contributed by atoms with Crippen LogP contribution in [0.15, 0.2) is 0 Å². The van der Waals surface area contributed by atoms with Crippen molar-refractivity contribution < 1.29 is 9.53 Å². The third kappa shape index (κ3) is 5.38. The van der Waals surface area contributed by atoms with Crippen molar-refractivity contribution >= 4 is 18.4 Å². The molecule has 1 aliphatic heterocycles. The van der Waals surface area contributed by atoms with Crippen LogP contribution in [0.1, 0.15) is 40.0 Å². The number of ether oxygens (including phenoxy) is 1. The average Bonchev–Trinajstić information content (AvgIpc) is 2.02. The van der Waals surface area contributed by atoms with Crippen LogP contribution in [0.5, 0.6) is 0 Å². The van der Waals surface area contributed by atoms with E-state index in [1.165, 1.54) is 0 Å². The lowest BCUT2D eigenvalue weighted by molar-refractivity contribution is -0.161. The number of halogens is 1. The molecule has 0 radical (unpaired) electrons. The summed E-state index contributed by atoms with van der Waals surface area (Å²) in [4.78, 5) is 11.5. The Bertz CT molecular complexity index is 201. The second-order valence-electron chi connectivity index (χ2n) is 4.77. The molecule has 0 atom stereocenters. The van der Waals surface area contributed by atoms with Gasteiger partial charge in [0, 0.05) is 6.42 Å². The summed E-state index contributed by atoms with van der Waals surface area (Å²) < 4.78 is 5.51. The van der Waals surface area contributed by atoms with Crippen LogP contribution >= 0.6 is 12.4 Å². The Labute approximate surface area is 98.4 Å². The molecule has 0 spiro atoms. The number of hydrogen-bond acceptors (Lipinski definition) is 3. The highest BCUT2D eigenvalue weighted by Crippen LogP contribution is 2.23. The molecule has 3 nitrogen and oxygen atoms in total. The van der Waals surface area contributed by atoms with Crippen LogP contribution in [0.25, 0.3) is 0 Å². The maximum Gasteiger partial charge on any atom is 0.306 e. The minimum atomic E-state index is -0.225. The highest BCUT2D eigenvalue weighted by molar-refractivity contribution is 5.85. The minimum Gasteiger partial charge on any atom is -0.459 e. The highest BCUT2D eigenvalue weighted by Gasteiger charge is 2.30. The largest absolute Gasteiger partial charge is 0.459 e. The van der Waals surface area contributed by atoms with Gasteiger partial charge in [-0.1, -0.05) is 13.8 Å². The van der Waals surface area contributed by atoms with E-state index in [9.17, 15) is 4.79 Å². The molecule has 0 bridgehead atoms. The summed E-state index contributed by atoms with van der Waals surface area (Å²) in [6, 6.07) is 0. The van der Waals surface area contributed by atoms with E-state index in [1.54, 1.807) is 0 Å². The van der Waals surface area contributed by atoms with Gasteiger partial charge in [-0.3, -0.25) is 4.79 Å². The van der Waals surface area contributed by atoms with Crippen molar-refractivity contribution in [3.05, 3.63) is 0 Å². The Morgan fingerprint density at radius 2 is 1.93 bits per heavy atom. The number of rotatable bonds is 3. The molecule has 1 rings (SSSR count). The summed E-state index contributed by atoms with van der Waals surface area (Å²) in [5.41, 5.74) is -0.225. The fourth-order valence-corrected chi connectivity index (χ4v) is 1.71. The first-order valence-corrected chi connectivity index (χ1v) is 5.44. The molecule has 0 aromatic heterocycles. The van der Waals surface area contributed by atoms with Crippen molar-refractivity contribution in [3.8, 4) is 0 Å². The summed E-state index contributed by atoms with van der Waals surface area (Å²) >= 11 is 0. The van der Waals surface area contributed by atoms with E-state index in [1.807, 2.05) is 20.8 Å². The zero-order chi connectivity index (χ0) is 10.6. The third-order valence-corrected chi connectivity index (χ3v) is 2.60. The van der Waals surface area contributed by atoms with Gasteiger partial charge in [-0.05, 0) is 38.8 Å². The molecule has 0 aromatic rings. The fraction of sp³-hybridized carbons (Fsp3) is 0.909.